The highest BCUT2D eigenvalue weighted by Gasteiger charge is 2.02. The lowest BCUT2D eigenvalue weighted by atomic mass is 10.0. The largest absolute Gasteiger partial charge is 0.494 e. The van der Waals surface area contributed by atoms with Crippen LogP contribution in [0.15, 0.2) is 24.3 Å². The van der Waals surface area contributed by atoms with E-state index in [1.807, 2.05) is 0 Å². The second-order valence-electron chi connectivity index (χ2n) is 8.13. The second-order valence-corrected chi connectivity index (χ2v) is 8.13. The van der Waals surface area contributed by atoms with E-state index in [1.54, 1.807) is 24.3 Å². The fourth-order valence-electron chi connectivity index (χ4n) is 3.56. The molecule has 170 valence electrons. The van der Waals surface area contributed by atoms with Crippen LogP contribution in [0.1, 0.15) is 113 Å². The van der Waals surface area contributed by atoms with E-state index in [4.69, 9.17) is 14.9 Å². The van der Waals surface area contributed by atoms with Crippen LogP contribution >= 0.6 is 0 Å². The Bertz CT molecular complexity index is 567. The van der Waals surface area contributed by atoms with Crippen molar-refractivity contribution in [1.29, 1.82) is 0 Å². The van der Waals surface area contributed by atoms with Gasteiger partial charge in [-0.2, -0.15) is 0 Å². The van der Waals surface area contributed by atoms with Crippen LogP contribution in [-0.4, -0.2) is 28.8 Å². The van der Waals surface area contributed by atoms with Crippen LogP contribution in [0, 0.1) is 0 Å². The third-order valence-corrected chi connectivity index (χ3v) is 5.40. The molecule has 30 heavy (non-hydrogen) atoms. The van der Waals surface area contributed by atoms with Crippen molar-refractivity contribution in [3.63, 3.8) is 0 Å². The molecule has 0 atom stereocenters. The minimum Gasteiger partial charge on any atom is -0.494 e. The van der Waals surface area contributed by atoms with Gasteiger partial charge in [0.2, 0.25) is 0 Å². The van der Waals surface area contributed by atoms with Crippen molar-refractivity contribution in [2.24, 2.45) is 0 Å². The van der Waals surface area contributed by atoms with E-state index in [-0.39, 0.29) is 5.56 Å². The maximum absolute atomic E-state index is 10.8. The summed E-state index contributed by atoms with van der Waals surface area (Å²) in [5.74, 6) is -0.854. The molecule has 0 saturated carbocycles. The summed E-state index contributed by atoms with van der Waals surface area (Å²) in [5.41, 5.74) is 0.285. The summed E-state index contributed by atoms with van der Waals surface area (Å²) in [5, 5.41) is 17.4. The predicted octanol–water partition coefficient (Wildman–Crippen LogP) is 7.09. The molecule has 1 aromatic carbocycles. The zero-order valence-corrected chi connectivity index (χ0v) is 18.4. The molecule has 5 heteroatoms. The highest BCUT2D eigenvalue weighted by atomic mass is 16.5. The quantitative estimate of drug-likeness (QED) is 0.220. The molecule has 1 rings (SSSR count). The van der Waals surface area contributed by atoms with Gasteiger partial charge in [-0.15, -0.1) is 0 Å². The Hall–Kier alpha value is -2.04. The van der Waals surface area contributed by atoms with Crippen molar-refractivity contribution in [2.45, 2.75) is 103 Å². The molecule has 0 amide bonds. The minimum absolute atomic E-state index is 0.285. The number of ether oxygens (including phenoxy) is 1. The molecule has 5 nitrogen and oxygen atoms in total. The number of carbonyl (C=O) groups is 2. The fraction of sp³-hybridized carbons (Fsp3) is 0.680. The van der Waals surface area contributed by atoms with Crippen molar-refractivity contribution < 1.29 is 24.5 Å². The average Bonchev–Trinajstić information content (AvgIpc) is 2.73. The van der Waals surface area contributed by atoms with Crippen LogP contribution in [0.3, 0.4) is 0 Å². The summed E-state index contributed by atoms with van der Waals surface area (Å²) in [6.45, 7) is 0.686. The van der Waals surface area contributed by atoms with Gasteiger partial charge >= 0.3 is 11.9 Å². The third-order valence-electron chi connectivity index (χ3n) is 5.40. The number of hydrogen-bond acceptors (Lipinski definition) is 3. The highest BCUT2D eigenvalue weighted by Crippen LogP contribution is 2.15. The summed E-state index contributed by atoms with van der Waals surface area (Å²) in [7, 11) is 0. The average molecular weight is 421 g/mol. The summed E-state index contributed by atoms with van der Waals surface area (Å²) < 4.78 is 5.65. The molecule has 0 saturated heterocycles. The van der Waals surface area contributed by atoms with Crippen molar-refractivity contribution in [3.8, 4) is 5.75 Å². The predicted molar refractivity (Wildman–Crippen MR) is 120 cm³/mol. The molecule has 0 unspecified atom stereocenters. The van der Waals surface area contributed by atoms with Gasteiger partial charge < -0.3 is 14.9 Å². The Morgan fingerprint density at radius 1 is 0.600 bits per heavy atom. The lowest BCUT2D eigenvalue weighted by Gasteiger charge is -2.06. The van der Waals surface area contributed by atoms with E-state index in [0.717, 1.165) is 25.0 Å². The first-order valence-corrected chi connectivity index (χ1v) is 11.8. The maximum atomic E-state index is 10.8. The topological polar surface area (TPSA) is 83.8 Å². The van der Waals surface area contributed by atoms with Gasteiger partial charge in [-0.25, -0.2) is 4.79 Å². The maximum Gasteiger partial charge on any atom is 0.335 e. The molecule has 2 N–H and O–H groups in total. The van der Waals surface area contributed by atoms with Crippen molar-refractivity contribution in [3.05, 3.63) is 29.8 Å². The molecule has 1 aromatic rings. The van der Waals surface area contributed by atoms with Crippen LogP contribution in [0.25, 0.3) is 0 Å². The molecule has 0 heterocycles. The molecular weight excluding hydrogens is 380 g/mol. The van der Waals surface area contributed by atoms with E-state index >= 15 is 0 Å². The number of carboxylic acid groups (broad SMARTS) is 2. The Kier molecular flexibility index (Phi) is 15.4. The Morgan fingerprint density at radius 3 is 1.40 bits per heavy atom. The molecule has 0 aliphatic heterocycles. The minimum atomic E-state index is -0.914. The Balaban J connectivity index is 1.77. The molecule has 0 bridgehead atoms. The van der Waals surface area contributed by atoms with Crippen molar-refractivity contribution in [1.82, 2.24) is 0 Å². The standard InChI is InChI=1S/C25H40O5/c26-24(27)16-14-12-10-8-6-4-2-1-3-5-7-9-11-13-15-21-30-23-19-17-22(18-20-23)25(28)29/h17-20H,1-16,21H2,(H,26,27)(H,28,29). The zero-order chi connectivity index (χ0) is 21.9. The molecule has 0 aliphatic carbocycles. The van der Waals surface area contributed by atoms with Gasteiger partial charge in [0.1, 0.15) is 5.75 Å². The summed E-state index contributed by atoms with van der Waals surface area (Å²) >= 11 is 0. The Morgan fingerprint density at radius 2 is 1.00 bits per heavy atom. The summed E-state index contributed by atoms with van der Waals surface area (Å²) in [6, 6.07) is 6.57. The van der Waals surface area contributed by atoms with Crippen LogP contribution < -0.4 is 4.74 Å². The van der Waals surface area contributed by atoms with E-state index < -0.39 is 11.9 Å². The van der Waals surface area contributed by atoms with Gasteiger partial charge in [0.15, 0.2) is 0 Å². The van der Waals surface area contributed by atoms with Gasteiger partial charge in [-0.05, 0) is 37.1 Å². The van der Waals surface area contributed by atoms with Crippen molar-refractivity contribution in [2.75, 3.05) is 6.61 Å². The summed E-state index contributed by atoms with van der Waals surface area (Å²) in [6.07, 6.45) is 18.7. The summed E-state index contributed by atoms with van der Waals surface area (Å²) in [4.78, 5) is 21.2. The number of rotatable bonds is 20. The fourth-order valence-corrected chi connectivity index (χ4v) is 3.56. The van der Waals surface area contributed by atoms with Gasteiger partial charge in [0, 0.05) is 6.42 Å². The normalized spacial score (nSPS) is 10.8. The lowest BCUT2D eigenvalue weighted by Crippen LogP contribution is -1.99. The van der Waals surface area contributed by atoms with Crippen LogP contribution in [0.4, 0.5) is 0 Å². The smallest absolute Gasteiger partial charge is 0.335 e. The molecule has 0 aliphatic rings. The van der Waals surface area contributed by atoms with Crippen LogP contribution in [0.5, 0.6) is 5.75 Å². The van der Waals surface area contributed by atoms with Gasteiger partial charge in [-0.3, -0.25) is 4.79 Å². The molecule has 0 radical (unpaired) electrons. The zero-order valence-electron chi connectivity index (χ0n) is 18.4. The monoisotopic (exact) mass is 420 g/mol. The molecule has 0 aromatic heterocycles. The van der Waals surface area contributed by atoms with E-state index in [0.29, 0.717) is 13.0 Å². The van der Waals surface area contributed by atoms with Gasteiger partial charge in [0.05, 0.1) is 12.2 Å². The van der Waals surface area contributed by atoms with Crippen molar-refractivity contribution >= 4 is 11.9 Å². The lowest BCUT2D eigenvalue weighted by molar-refractivity contribution is -0.137. The molecular formula is C25H40O5. The van der Waals surface area contributed by atoms with E-state index in [2.05, 4.69) is 0 Å². The number of carboxylic acids is 2. The van der Waals surface area contributed by atoms with Crippen LogP contribution in [0.2, 0.25) is 0 Å². The van der Waals surface area contributed by atoms with Crippen LogP contribution in [-0.2, 0) is 4.79 Å². The van der Waals surface area contributed by atoms with E-state index in [9.17, 15) is 9.59 Å². The van der Waals surface area contributed by atoms with E-state index in [1.165, 1.54) is 77.0 Å². The third kappa shape index (κ3) is 14.9. The second kappa shape index (κ2) is 17.8. The van der Waals surface area contributed by atoms with Gasteiger partial charge in [0.25, 0.3) is 0 Å². The first kappa shape index (κ1) is 26.0. The first-order chi connectivity index (χ1) is 14.6. The number of hydrogen-bond donors (Lipinski definition) is 2. The van der Waals surface area contributed by atoms with Gasteiger partial charge in [-0.1, -0.05) is 83.5 Å². The highest BCUT2D eigenvalue weighted by molar-refractivity contribution is 5.87. The first-order valence-electron chi connectivity index (χ1n) is 11.8. The Labute approximate surface area is 181 Å². The molecule has 0 fully saturated rings. The number of unbranched alkanes of at least 4 members (excludes halogenated alkanes) is 14. The number of benzene rings is 1. The number of aliphatic carboxylic acids is 1. The SMILES string of the molecule is O=C(O)CCCCCCCCCCCCCCCCCOc1ccc(C(=O)O)cc1. The number of aromatic carboxylic acids is 1. The molecule has 0 spiro atoms.